The van der Waals surface area contributed by atoms with Crippen molar-refractivity contribution in [1.29, 1.82) is 0 Å². The smallest absolute Gasteiger partial charge is 0.368 e. The lowest BCUT2D eigenvalue weighted by molar-refractivity contribution is -0.138. The number of carbonyl (C=O) groups excluding carboxylic acids is 3. The van der Waals surface area contributed by atoms with E-state index in [4.69, 9.17) is 5.73 Å². The molecule has 10 heteroatoms. The number of carbonyl (C=O) groups is 3. The minimum atomic E-state index is -4.62. The van der Waals surface area contributed by atoms with E-state index in [2.05, 4.69) is 10.2 Å². The molecule has 3 amide bonds. The van der Waals surface area contributed by atoms with Gasteiger partial charge in [-0.2, -0.15) is 13.2 Å². The van der Waals surface area contributed by atoms with Crippen LogP contribution in [0.2, 0.25) is 0 Å². The number of hydrogen-bond donors (Lipinski definition) is 2. The van der Waals surface area contributed by atoms with Gasteiger partial charge in [0.2, 0.25) is 11.8 Å². The zero-order valence-corrected chi connectivity index (χ0v) is 21.3. The van der Waals surface area contributed by atoms with E-state index in [0.717, 1.165) is 25.3 Å². The fourth-order valence-corrected chi connectivity index (χ4v) is 5.57. The van der Waals surface area contributed by atoms with Crippen LogP contribution >= 0.6 is 0 Å². The number of halogens is 3. The molecule has 2 aliphatic rings. The molecule has 3 N–H and O–H groups in total. The van der Waals surface area contributed by atoms with E-state index in [-0.39, 0.29) is 36.5 Å². The molecule has 0 radical (unpaired) electrons. The number of nitrogens with one attached hydrogen (secondary N) is 1. The molecule has 3 atom stereocenters. The molecule has 0 aromatic heterocycles. The van der Waals surface area contributed by atoms with Crippen LogP contribution in [0.3, 0.4) is 0 Å². The number of hydrogen-bond acceptors (Lipinski definition) is 4. The van der Waals surface area contributed by atoms with Crippen LogP contribution in [-0.4, -0.2) is 59.7 Å². The van der Waals surface area contributed by atoms with E-state index in [0.29, 0.717) is 30.6 Å². The maximum absolute atomic E-state index is 13.6. The lowest BCUT2D eigenvalue weighted by atomic mass is 9.82. The van der Waals surface area contributed by atoms with Crippen molar-refractivity contribution in [1.82, 2.24) is 15.1 Å². The van der Waals surface area contributed by atoms with Gasteiger partial charge in [0.15, 0.2) is 0 Å². The van der Waals surface area contributed by atoms with Crippen LogP contribution in [0.1, 0.15) is 58.8 Å². The summed E-state index contributed by atoms with van der Waals surface area (Å²) in [5, 5.41) is 2.83. The van der Waals surface area contributed by atoms with Crippen LogP contribution in [0.15, 0.2) is 48.5 Å². The van der Waals surface area contributed by atoms with Crippen molar-refractivity contribution >= 4 is 17.7 Å². The van der Waals surface area contributed by atoms with Gasteiger partial charge in [0.25, 0.3) is 5.91 Å². The minimum absolute atomic E-state index is 0.0876. The first-order valence-electron chi connectivity index (χ1n) is 12.9. The van der Waals surface area contributed by atoms with Crippen molar-refractivity contribution in [3.05, 3.63) is 70.8 Å². The summed E-state index contributed by atoms with van der Waals surface area (Å²) < 4.78 is 40.7. The summed E-state index contributed by atoms with van der Waals surface area (Å²) in [5.74, 6) is -1.87. The van der Waals surface area contributed by atoms with Crippen LogP contribution < -0.4 is 11.1 Å². The highest BCUT2D eigenvalue weighted by Crippen LogP contribution is 2.34. The summed E-state index contributed by atoms with van der Waals surface area (Å²) in [5.41, 5.74) is 5.38. The molecule has 4 rings (SSSR count). The normalized spacial score (nSPS) is 21.5. The quantitative estimate of drug-likeness (QED) is 0.596. The Bertz CT molecular complexity index is 1160. The SMILES string of the molecule is Cc1ccc(C(=O)N2CCN([C@@H]3CCCC[C@H]3C(=O)N[C@H](C(N)=O)c3ccccc3)CC2)c(C(F)(F)F)c1. The fraction of sp³-hybridized carbons (Fsp3) is 0.464. The topological polar surface area (TPSA) is 95.7 Å². The number of amides is 3. The number of nitrogens with zero attached hydrogens (tertiary/aromatic N) is 2. The number of alkyl halides is 3. The van der Waals surface area contributed by atoms with E-state index in [9.17, 15) is 27.6 Å². The second kappa shape index (κ2) is 11.6. The molecule has 0 bridgehead atoms. The number of primary amides is 1. The van der Waals surface area contributed by atoms with E-state index in [1.807, 2.05) is 6.07 Å². The van der Waals surface area contributed by atoms with Crippen LogP contribution in [0.4, 0.5) is 13.2 Å². The molecule has 1 aliphatic heterocycles. The van der Waals surface area contributed by atoms with Crippen LogP contribution in [0.5, 0.6) is 0 Å². The monoisotopic (exact) mass is 530 g/mol. The molecule has 7 nitrogen and oxygen atoms in total. The largest absolute Gasteiger partial charge is 0.417 e. The summed E-state index contributed by atoms with van der Waals surface area (Å²) in [6.07, 6.45) is -1.34. The maximum Gasteiger partial charge on any atom is 0.417 e. The molecule has 204 valence electrons. The molecule has 1 aliphatic carbocycles. The molecule has 1 saturated carbocycles. The van der Waals surface area contributed by atoms with Crippen molar-refractivity contribution in [2.24, 2.45) is 11.7 Å². The highest BCUT2D eigenvalue weighted by Gasteiger charge is 2.40. The number of aryl methyl sites for hydroxylation is 1. The van der Waals surface area contributed by atoms with E-state index < -0.39 is 29.6 Å². The average Bonchev–Trinajstić information content (AvgIpc) is 2.91. The first kappa shape index (κ1) is 27.6. The zero-order chi connectivity index (χ0) is 27.4. The standard InChI is InChI=1S/C28H33F3N4O3/c1-18-11-12-20(22(17-18)28(29,30)31)27(38)35-15-13-34(14-16-35)23-10-6-5-9-21(23)26(37)33-24(25(32)36)19-7-3-2-4-8-19/h2-4,7-8,11-12,17,21,23-24H,5-6,9-10,13-16H2,1H3,(H2,32,36)(H,33,37)/t21-,23-,24+/m1/s1. The van der Waals surface area contributed by atoms with Crippen LogP contribution in [-0.2, 0) is 15.8 Å². The fourth-order valence-electron chi connectivity index (χ4n) is 5.57. The van der Waals surface area contributed by atoms with Gasteiger partial charge in [-0.05, 0) is 37.5 Å². The average molecular weight is 531 g/mol. The van der Waals surface area contributed by atoms with Crippen molar-refractivity contribution in [3.8, 4) is 0 Å². The molecule has 2 fully saturated rings. The first-order chi connectivity index (χ1) is 18.1. The van der Waals surface area contributed by atoms with Crippen molar-refractivity contribution in [3.63, 3.8) is 0 Å². The summed E-state index contributed by atoms with van der Waals surface area (Å²) in [6.45, 7) is 2.99. The predicted molar refractivity (Wildman–Crippen MR) is 136 cm³/mol. The van der Waals surface area contributed by atoms with E-state index in [1.165, 1.54) is 17.0 Å². The van der Waals surface area contributed by atoms with Crippen molar-refractivity contribution in [2.45, 2.75) is 50.9 Å². The van der Waals surface area contributed by atoms with Gasteiger partial charge in [0.1, 0.15) is 6.04 Å². The highest BCUT2D eigenvalue weighted by atomic mass is 19.4. The molecule has 2 aromatic rings. The first-order valence-corrected chi connectivity index (χ1v) is 12.9. The van der Waals surface area contributed by atoms with Crippen LogP contribution in [0.25, 0.3) is 0 Å². The predicted octanol–water partition coefficient (Wildman–Crippen LogP) is 3.67. The Kier molecular flexibility index (Phi) is 8.40. The molecule has 1 saturated heterocycles. The molecule has 38 heavy (non-hydrogen) atoms. The minimum Gasteiger partial charge on any atom is -0.368 e. The Labute approximate surface area is 220 Å². The second-order valence-corrected chi connectivity index (χ2v) is 10.1. The lowest BCUT2D eigenvalue weighted by Crippen LogP contribution is -2.56. The Hall–Kier alpha value is -3.40. The van der Waals surface area contributed by atoms with E-state index in [1.54, 1.807) is 31.2 Å². The van der Waals surface area contributed by atoms with Crippen LogP contribution in [0, 0.1) is 12.8 Å². The third-order valence-electron chi connectivity index (χ3n) is 7.55. The Morgan fingerprint density at radius 3 is 2.26 bits per heavy atom. The van der Waals surface area contributed by atoms with Gasteiger partial charge in [-0.25, -0.2) is 0 Å². The van der Waals surface area contributed by atoms with Gasteiger partial charge < -0.3 is 16.0 Å². The summed E-state index contributed by atoms with van der Waals surface area (Å²) >= 11 is 0. The van der Waals surface area contributed by atoms with Gasteiger partial charge in [-0.1, -0.05) is 54.8 Å². The third-order valence-corrected chi connectivity index (χ3v) is 7.55. The van der Waals surface area contributed by atoms with Gasteiger partial charge in [-0.3, -0.25) is 19.3 Å². The maximum atomic E-state index is 13.6. The molecule has 1 heterocycles. The van der Waals surface area contributed by atoms with Gasteiger partial charge in [0, 0.05) is 32.2 Å². The molecular weight excluding hydrogens is 497 g/mol. The number of nitrogens with two attached hydrogens (primary N) is 1. The zero-order valence-electron chi connectivity index (χ0n) is 21.3. The molecule has 0 spiro atoms. The van der Waals surface area contributed by atoms with Gasteiger partial charge in [-0.15, -0.1) is 0 Å². The van der Waals surface area contributed by atoms with E-state index >= 15 is 0 Å². The third kappa shape index (κ3) is 6.18. The summed E-state index contributed by atoms with van der Waals surface area (Å²) in [6, 6.07) is 11.6. The Morgan fingerprint density at radius 1 is 0.974 bits per heavy atom. The summed E-state index contributed by atoms with van der Waals surface area (Å²) in [7, 11) is 0. The van der Waals surface area contributed by atoms with Gasteiger partial charge >= 0.3 is 6.18 Å². The lowest BCUT2D eigenvalue weighted by Gasteiger charge is -2.44. The molecule has 0 unspecified atom stereocenters. The molecule has 2 aromatic carbocycles. The second-order valence-electron chi connectivity index (χ2n) is 10.1. The number of benzene rings is 2. The summed E-state index contributed by atoms with van der Waals surface area (Å²) in [4.78, 5) is 42.1. The van der Waals surface area contributed by atoms with Crippen molar-refractivity contribution in [2.75, 3.05) is 26.2 Å². The Balaban J connectivity index is 1.43. The number of piperazine rings is 1. The highest BCUT2D eigenvalue weighted by molar-refractivity contribution is 5.96. The Morgan fingerprint density at radius 2 is 1.63 bits per heavy atom. The number of rotatable bonds is 6. The molecular formula is C28H33F3N4O3. The van der Waals surface area contributed by atoms with Crippen molar-refractivity contribution < 1.29 is 27.6 Å². The van der Waals surface area contributed by atoms with Gasteiger partial charge in [0.05, 0.1) is 17.0 Å².